The van der Waals surface area contributed by atoms with E-state index in [0.717, 1.165) is 19.3 Å². The molecule has 0 bridgehead atoms. The van der Waals surface area contributed by atoms with Crippen molar-refractivity contribution in [3.05, 3.63) is 70.8 Å². The number of aryl methyl sites for hydroxylation is 1. The Labute approximate surface area is 124 Å². The van der Waals surface area contributed by atoms with E-state index in [4.69, 9.17) is 5.26 Å². The smallest absolute Gasteiger partial charge is 0.251 e. The van der Waals surface area contributed by atoms with Gasteiger partial charge in [0, 0.05) is 11.6 Å². The summed E-state index contributed by atoms with van der Waals surface area (Å²) in [5.74, 6) is -0.100. The van der Waals surface area contributed by atoms with Crippen molar-refractivity contribution >= 4 is 5.91 Å². The Kier molecular flexibility index (Phi) is 3.70. The van der Waals surface area contributed by atoms with E-state index in [1.165, 1.54) is 11.1 Å². The Morgan fingerprint density at radius 2 is 1.95 bits per heavy atom. The van der Waals surface area contributed by atoms with E-state index in [9.17, 15) is 4.79 Å². The summed E-state index contributed by atoms with van der Waals surface area (Å²) < 4.78 is 0. The molecule has 21 heavy (non-hydrogen) atoms. The van der Waals surface area contributed by atoms with E-state index in [2.05, 4.69) is 29.6 Å². The summed E-state index contributed by atoms with van der Waals surface area (Å²) in [5.41, 5.74) is 3.76. The molecule has 104 valence electrons. The number of carbonyl (C=O) groups is 1. The quantitative estimate of drug-likeness (QED) is 0.917. The van der Waals surface area contributed by atoms with Crippen molar-refractivity contribution in [1.82, 2.24) is 5.32 Å². The molecule has 0 spiro atoms. The van der Waals surface area contributed by atoms with Crippen LogP contribution in [0.15, 0.2) is 48.5 Å². The lowest BCUT2D eigenvalue weighted by atomic mass is 9.88. The second-order valence-corrected chi connectivity index (χ2v) is 5.37. The Balaban J connectivity index is 1.70. The summed E-state index contributed by atoms with van der Waals surface area (Å²) in [7, 11) is 0. The number of nitrogens with one attached hydrogen (secondary N) is 1. The molecule has 2 aromatic carbocycles. The van der Waals surface area contributed by atoms with Crippen LogP contribution in [0.4, 0.5) is 0 Å². The van der Waals surface area contributed by atoms with Crippen molar-refractivity contribution in [1.29, 1.82) is 5.26 Å². The van der Waals surface area contributed by atoms with Crippen molar-refractivity contribution in [3.63, 3.8) is 0 Å². The van der Waals surface area contributed by atoms with Gasteiger partial charge in [-0.2, -0.15) is 5.26 Å². The lowest BCUT2D eigenvalue weighted by molar-refractivity contribution is 0.0933. The maximum absolute atomic E-state index is 12.3. The highest BCUT2D eigenvalue weighted by Crippen LogP contribution is 2.21. The van der Waals surface area contributed by atoms with E-state index in [0.29, 0.717) is 11.1 Å². The van der Waals surface area contributed by atoms with Gasteiger partial charge in [-0.25, -0.2) is 0 Å². The summed E-state index contributed by atoms with van der Waals surface area (Å²) in [6, 6.07) is 17.4. The van der Waals surface area contributed by atoms with Crippen LogP contribution in [0.3, 0.4) is 0 Å². The zero-order valence-electron chi connectivity index (χ0n) is 11.7. The molecule has 0 saturated heterocycles. The standard InChI is InChI=1S/C18H16N2O/c19-12-13-4-3-7-16(10-13)18(21)20-17-9-8-14-5-1-2-6-15(14)11-17/h1-7,10,17H,8-9,11H2,(H,20,21). The first-order valence-electron chi connectivity index (χ1n) is 7.14. The van der Waals surface area contributed by atoms with Crippen LogP contribution in [0.2, 0.25) is 0 Å². The Morgan fingerprint density at radius 1 is 1.14 bits per heavy atom. The van der Waals surface area contributed by atoms with Gasteiger partial charge in [-0.15, -0.1) is 0 Å². The summed E-state index contributed by atoms with van der Waals surface area (Å²) in [6.07, 6.45) is 2.83. The number of amides is 1. The van der Waals surface area contributed by atoms with Crippen molar-refractivity contribution in [3.8, 4) is 6.07 Å². The highest BCUT2D eigenvalue weighted by molar-refractivity contribution is 5.94. The molecule has 0 aromatic heterocycles. The molecule has 0 radical (unpaired) electrons. The van der Waals surface area contributed by atoms with Crippen LogP contribution < -0.4 is 5.32 Å². The fraction of sp³-hybridized carbons (Fsp3) is 0.222. The van der Waals surface area contributed by atoms with Gasteiger partial charge in [0.15, 0.2) is 0 Å². The third-order valence-electron chi connectivity index (χ3n) is 3.94. The number of hydrogen-bond acceptors (Lipinski definition) is 2. The molecular weight excluding hydrogens is 260 g/mol. The Bertz CT molecular complexity index is 715. The molecule has 0 aliphatic heterocycles. The SMILES string of the molecule is N#Cc1cccc(C(=O)NC2CCc3ccccc3C2)c1. The van der Waals surface area contributed by atoms with Gasteiger partial charge in [0.25, 0.3) is 5.91 Å². The number of benzene rings is 2. The van der Waals surface area contributed by atoms with Gasteiger partial charge < -0.3 is 5.32 Å². The zero-order valence-corrected chi connectivity index (χ0v) is 11.7. The second kappa shape index (κ2) is 5.80. The number of nitrogens with zero attached hydrogens (tertiary/aromatic N) is 1. The lowest BCUT2D eigenvalue weighted by Gasteiger charge is -2.25. The molecule has 1 aliphatic carbocycles. The van der Waals surface area contributed by atoms with Gasteiger partial charge >= 0.3 is 0 Å². The molecule has 3 nitrogen and oxygen atoms in total. The Morgan fingerprint density at radius 3 is 2.76 bits per heavy atom. The van der Waals surface area contributed by atoms with Gasteiger partial charge in [-0.3, -0.25) is 4.79 Å². The third kappa shape index (κ3) is 2.95. The predicted molar refractivity (Wildman–Crippen MR) is 80.9 cm³/mol. The van der Waals surface area contributed by atoms with Crippen LogP contribution in [0, 0.1) is 11.3 Å². The average Bonchev–Trinajstić information content (AvgIpc) is 2.54. The number of nitriles is 1. The number of fused-ring (bicyclic) bond motifs is 1. The summed E-state index contributed by atoms with van der Waals surface area (Å²) >= 11 is 0. The number of hydrogen-bond donors (Lipinski definition) is 1. The lowest BCUT2D eigenvalue weighted by Crippen LogP contribution is -2.38. The molecule has 1 unspecified atom stereocenters. The normalized spacial score (nSPS) is 16.6. The molecule has 1 atom stereocenters. The van der Waals surface area contributed by atoms with Gasteiger partial charge in [0.05, 0.1) is 11.6 Å². The van der Waals surface area contributed by atoms with Crippen LogP contribution in [0.25, 0.3) is 0 Å². The first kappa shape index (κ1) is 13.4. The molecule has 3 rings (SSSR count). The number of carbonyl (C=O) groups excluding carboxylic acids is 1. The largest absolute Gasteiger partial charge is 0.349 e. The van der Waals surface area contributed by atoms with Crippen molar-refractivity contribution < 1.29 is 4.79 Å². The third-order valence-corrected chi connectivity index (χ3v) is 3.94. The highest BCUT2D eigenvalue weighted by atomic mass is 16.1. The maximum Gasteiger partial charge on any atom is 0.251 e. The van der Waals surface area contributed by atoms with E-state index < -0.39 is 0 Å². The van der Waals surface area contributed by atoms with Crippen LogP contribution in [0.5, 0.6) is 0 Å². The molecule has 1 amide bonds. The van der Waals surface area contributed by atoms with Crippen LogP contribution in [0.1, 0.15) is 33.5 Å². The molecule has 3 heteroatoms. The minimum Gasteiger partial charge on any atom is -0.349 e. The summed E-state index contributed by atoms with van der Waals surface area (Å²) in [6.45, 7) is 0. The van der Waals surface area contributed by atoms with Crippen LogP contribution >= 0.6 is 0 Å². The average molecular weight is 276 g/mol. The Hall–Kier alpha value is -2.60. The fourth-order valence-electron chi connectivity index (χ4n) is 2.82. The molecule has 2 aromatic rings. The second-order valence-electron chi connectivity index (χ2n) is 5.37. The first-order valence-corrected chi connectivity index (χ1v) is 7.14. The van der Waals surface area contributed by atoms with Gasteiger partial charge in [-0.05, 0) is 48.6 Å². The van der Waals surface area contributed by atoms with Crippen molar-refractivity contribution in [2.75, 3.05) is 0 Å². The van der Waals surface area contributed by atoms with E-state index in [1.54, 1.807) is 24.3 Å². The highest BCUT2D eigenvalue weighted by Gasteiger charge is 2.20. The summed E-state index contributed by atoms with van der Waals surface area (Å²) in [4.78, 5) is 12.3. The number of rotatable bonds is 2. The van der Waals surface area contributed by atoms with Crippen molar-refractivity contribution in [2.45, 2.75) is 25.3 Å². The van der Waals surface area contributed by atoms with E-state index in [1.807, 2.05) is 6.07 Å². The maximum atomic E-state index is 12.3. The van der Waals surface area contributed by atoms with Crippen LogP contribution in [-0.4, -0.2) is 11.9 Å². The summed E-state index contributed by atoms with van der Waals surface area (Å²) in [5, 5.41) is 12.0. The molecular formula is C18H16N2O. The van der Waals surface area contributed by atoms with E-state index >= 15 is 0 Å². The van der Waals surface area contributed by atoms with Gasteiger partial charge in [-0.1, -0.05) is 30.3 Å². The molecule has 0 fully saturated rings. The molecule has 1 N–H and O–H groups in total. The monoisotopic (exact) mass is 276 g/mol. The van der Waals surface area contributed by atoms with Gasteiger partial charge in [0.1, 0.15) is 0 Å². The minimum absolute atomic E-state index is 0.100. The first-order chi connectivity index (χ1) is 10.3. The van der Waals surface area contributed by atoms with Crippen LogP contribution in [-0.2, 0) is 12.8 Å². The molecule has 0 heterocycles. The fourth-order valence-corrected chi connectivity index (χ4v) is 2.82. The van der Waals surface area contributed by atoms with Gasteiger partial charge in [0.2, 0.25) is 0 Å². The zero-order chi connectivity index (χ0) is 14.7. The topological polar surface area (TPSA) is 52.9 Å². The molecule has 0 saturated carbocycles. The molecule has 1 aliphatic rings. The minimum atomic E-state index is -0.100. The predicted octanol–water partition coefficient (Wildman–Crippen LogP) is 2.85. The van der Waals surface area contributed by atoms with E-state index in [-0.39, 0.29) is 11.9 Å². The van der Waals surface area contributed by atoms with Crippen molar-refractivity contribution in [2.24, 2.45) is 0 Å².